The molecule has 116 valence electrons. The topological polar surface area (TPSA) is 57.0 Å². The predicted molar refractivity (Wildman–Crippen MR) is 89.7 cm³/mol. The van der Waals surface area contributed by atoms with Gasteiger partial charge >= 0.3 is 5.97 Å². The van der Waals surface area contributed by atoms with E-state index in [9.17, 15) is 4.79 Å². The van der Waals surface area contributed by atoms with Gasteiger partial charge in [0.1, 0.15) is 18.4 Å². The molecule has 0 spiro atoms. The van der Waals surface area contributed by atoms with Crippen molar-refractivity contribution >= 4 is 33.5 Å². The van der Waals surface area contributed by atoms with Crippen molar-refractivity contribution in [3.8, 4) is 5.75 Å². The van der Waals surface area contributed by atoms with Crippen molar-refractivity contribution in [2.45, 2.75) is 6.54 Å². The molecule has 2 aromatic carbocycles. The van der Waals surface area contributed by atoms with E-state index in [0.717, 1.165) is 5.56 Å². The third kappa shape index (κ3) is 3.97. The van der Waals surface area contributed by atoms with Crippen molar-refractivity contribution in [3.05, 3.63) is 75.7 Å². The minimum absolute atomic E-state index is 0.422. The molecule has 0 fully saturated rings. The van der Waals surface area contributed by atoms with Crippen molar-refractivity contribution in [2.75, 3.05) is 0 Å². The number of benzene rings is 2. The Morgan fingerprint density at radius 1 is 1.22 bits per heavy atom. The fourth-order valence-electron chi connectivity index (χ4n) is 1.96. The summed E-state index contributed by atoms with van der Waals surface area (Å²) in [7, 11) is 0. The molecule has 0 radical (unpaired) electrons. The van der Waals surface area contributed by atoms with E-state index in [-0.39, 0.29) is 0 Å². The number of carbonyl (C=O) groups excluding carboxylic acids is 1. The molecule has 0 aliphatic carbocycles. The number of carbonyl (C=O) groups is 1. The van der Waals surface area contributed by atoms with Gasteiger partial charge in [-0.1, -0.05) is 23.7 Å². The number of nitrogens with zero attached hydrogens (tertiary/aromatic N) is 3. The second-order valence-corrected chi connectivity index (χ2v) is 6.05. The number of rotatable bonds is 4. The van der Waals surface area contributed by atoms with E-state index in [1.807, 2.05) is 12.1 Å². The molecule has 1 aromatic heterocycles. The number of halogens is 2. The maximum Gasteiger partial charge on any atom is 0.343 e. The largest absolute Gasteiger partial charge is 0.422 e. The minimum atomic E-state index is -0.430. The van der Waals surface area contributed by atoms with Crippen molar-refractivity contribution in [1.29, 1.82) is 0 Å². The van der Waals surface area contributed by atoms with E-state index in [1.165, 1.54) is 6.33 Å². The molecule has 0 amide bonds. The second-order valence-electron chi connectivity index (χ2n) is 4.75. The summed E-state index contributed by atoms with van der Waals surface area (Å²) >= 11 is 9.18. The number of esters is 1. The summed E-state index contributed by atoms with van der Waals surface area (Å²) in [5.74, 6) is -0.00794. The van der Waals surface area contributed by atoms with Crippen LogP contribution in [0.2, 0.25) is 5.02 Å². The van der Waals surface area contributed by atoms with Crippen molar-refractivity contribution in [2.24, 2.45) is 0 Å². The van der Waals surface area contributed by atoms with Crippen LogP contribution in [0.5, 0.6) is 5.75 Å². The average Bonchev–Trinajstić information content (AvgIpc) is 3.04. The van der Waals surface area contributed by atoms with Gasteiger partial charge < -0.3 is 4.74 Å². The highest BCUT2D eigenvalue weighted by atomic mass is 79.9. The van der Waals surface area contributed by atoms with Crippen molar-refractivity contribution in [3.63, 3.8) is 0 Å². The Morgan fingerprint density at radius 2 is 2.00 bits per heavy atom. The third-order valence-corrected chi connectivity index (χ3v) is 3.95. The van der Waals surface area contributed by atoms with E-state index in [0.29, 0.717) is 27.4 Å². The Labute approximate surface area is 146 Å². The number of aromatic nitrogens is 3. The Bertz CT molecular complexity index is 820. The number of hydrogen-bond donors (Lipinski definition) is 0. The fraction of sp³-hybridized carbons (Fsp3) is 0.0625. The molecule has 3 aromatic rings. The highest BCUT2D eigenvalue weighted by Gasteiger charge is 2.11. The highest BCUT2D eigenvalue weighted by Crippen LogP contribution is 2.28. The summed E-state index contributed by atoms with van der Waals surface area (Å²) in [5.41, 5.74) is 1.48. The van der Waals surface area contributed by atoms with Crippen LogP contribution >= 0.6 is 27.5 Å². The van der Waals surface area contributed by atoms with Gasteiger partial charge in [-0.05, 0) is 51.8 Å². The van der Waals surface area contributed by atoms with Gasteiger partial charge in [0.25, 0.3) is 0 Å². The molecule has 0 N–H and O–H groups in total. The number of ether oxygens (including phenoxy) is 1. The fourth-order valence-corrected chi connectivity index (χ4v) is 2.73. The summed E-state index contributed by atoms with van der Waals surface area (Å²) in [6, 6.07) is 12.1. The molecule has 0 aliphatic heterocycles. The van der Waals surface area contributed by atoms with Gasteiger partial charge in [-0.3, -0.25) is 0 Å². The molecule has 0 atom stereocenters. The molecule has 0 bridgehead atoms. The first-order chi connectivity index (χ1) is 11.1. The first-order valence-electron chi connectivity index (χ1n) is 6.70. The Balaban J connectivity index is 1.70. The lowest BCUT2D eigenvalue weighted by atomic mass is 10.1. The molecular weight excluding hydrogens is 382 g/mol. The van der Waals surface area contributed by atoms with Crippen LogP contribution < -0.4 is 4.74 Å². The molecule has 5 nitrogen and oxygen atoms in total. The lowest BCUT2D eigenvalue weighted by molar-refractivity contribution is 0.0733. The second kappa shape index (κ2) is 6.93. The van der Waals surface area contributed by atoms with Gasteiger partial charge in [-0.15, -0.1) is 0 Å². The van der Waals surface area contributed by atoms with Crippen LogP contribution in [0.25, 0.3) is 0 Å². The lowest BCUT2D eigenvalue weighted by Gasteiger charge is -2.07. The van der Waals surface area contributed by atoms with Gasteiger partial charge in [-0.25, -0.2) is 14.5 Å². The molecule has 1 heterocycles. The van der Waals surface area contributed by atoms with E-state index in [1.54, 1.807) is 41.3 Å². The van der Waals surface area contributed by atoms with E-state index < -0.39 is 5.97 Å². The quantitative estimate of drug-likeness (QED) is 0.498. The van der Waals surface area contributed by atoms with E-state index in [2.05, 4.69) is 26.0 Å². The van der Waals surface area contributed by atoms with Crippen LogP contribution in [0.4, 0.5) is 0 Å². The summed E-state index contributed by atoms with van der Waals surface area (Å²) in [6.07, 6.45) is 3.12. The average molecular weight is 393 g/mol. The molecule has 3 rings (SSSR count). The Hall–Kier alpha value is -2.18. The van der Waals surface area contributed by atoms with Crippen LogP contribution in [0.3, 0.4) is 0 Å². The smallest absolute Gasteiger partial charge is 0.343 e. The number of hydrogen-bond acceptors (Lipinski definition) is 4. The van der Waals surface area contributed by atoms with Crippen molar-refractivity contribution < 1.29 is 9.53 Å². The van der Waals surface area contributed by atoms with Crippen LogP contribution in [0.15, 0.2) is 59.6 Å². The molecular formula is C16H11BrClN3O2. The summed E-state index contributed by atoms with van der Waals surface area (Å²) in [5, 5.41) is 4.60. The first-order valence-corrected chi connectivity index (χ1v) is 7.87. The van der Waals surface area contributed by atoms with Crippen LogP contribution in [0.1, 0.15) is 15.9 Å². The predicted octanol–water partition coefficient (Wildman–Crippen LogP) is 3.96. The van der Waals surface area contributed by atoms with Gasteiger partial charge in [0, 0.05) is 5.02 Å². The van der Waals surface area contributed by atoms with Gasteiger partial charge in [0.15, 0.2) is 0 Å². The normalized spacial score (nSPS) is 10.5. The van der Waals surface area contributed by atoms with E-state index >= 15 is 0 Å². The molecule has 0 unspecified atom stereocenters. The molecule has 0 aliphatic rings. The monoisotopic (exact) mass is 391 g/mol. The van der Waals surface area contributed by atoms with Crippen LogP contribution in [-0.4, -0.2) is 20.7 Å². The molecule has 0 saturated heterocycles. The highest BCUT2D eigenvalue weighted by molar-refractivity contribution is 9.10. The zero-order valence-corrected chi connectivity index (χ0v) is 14.2. The Kier molecular flexibility index (Phi) is 4.73. The zero-order valence-electron chi connectivity index (χ0n) is 11.8. The lowest BCUT2D eigenvalue weighted by Crippen LogP contribution is -2.09. The third-order valence-electron chi connectivity index (χ3n) is 3.10. The SMILES string of the molecule is O=C(Oc1ccc(Cl)cc1Br)c1ccc(Cn2cncn2)cc1. The summed E-state index contributed by atoms with van der Waals surface area (Å²) in [4.78, 5) is 16.1. The summed E-state index contributed by atoms with van der Waals surface area (Å²) in [6.45, 7) is 0.595. The summed E-state index contributed by atoms with van der Waals surface area (Å²) < 4.78 is 7.69. The van der Waals surface area contributed by atoms with Gasteiger partial charge in [0.2, 0.25) is 0 Å². The van der Waals surface area contributed by atoms with Gasteiger partial charge in [0.05, 0.1) is 16.6 Å². The van der Waals surface area contributed by atoms with Crippen molar-refractivity contribution in [1.82, 2.24) is 14.8 Å². The van der Waals surface area contributed by atoms with Crippen LogP contribution in [-0.2, 0) is 6.54 Å². The first kappa shape index (κ1) is 15.7. The maximum atomic E-state index is 12.2. The maximum absolute atomic E-state index is 12.2. The Morgan fingerprint density at radius 3 is 2.65 bits per heavy atom. The standard InChI is InChI=1S/C16H11BrClN3O2/c17-14-7-13(18)5-6-15(14)23-16(22)12-3-1-11(2-4-12)8-21-10-19-9-20-21/h1-7,9-10H,8H2. The van der Waals surface area contributed by atoms with E-state index in [4.69, 9.17) is 16.3 Å². The van der Waals surface area contributed by atoms with Crippen LogP contribution in [0, 0.1) is 0 Å². The molecule has 23 heavy (non-hydrogen) atoms. The minimum Gasteiger partial charge on any atom is -0.422 e. The molecule has 7 heteroatoms. The van der Waals surface area contributed by atoms with Gasteiger partial charge in [-0.2, -0.15) is 5.10 Å². The zero-order chi connectivity index (χ0) is 16.2. The molecule has 0 saturated carbocycles.